The molecule has 0 aliphatic rings. The third-order valence-electron chi connectivity index (χ3n) is 3.27. The summed E-state index contributed by atoms with van der Waals surface area (Å²) in [7, 11) is 0. The summed E-state index contributed by atoms with van der Waals surface area (Å²) >= 11 is 0. The molecule has 0 spiro atoms. The van der Waals surface area contributed by atoms with Gasteiger partial charge in [0.25, 0.3) is 0 Å². The minimum Gasteiger partial charge on any atom is -0.396 e. The van der Waals surface area contributed by atoms with Gasteiger partial charge in [0.2, 0.25) is 0 Å². The fourth-order valence-electron chi connectivity index (χ4n) is 2.00. The normalized spacial score (nSPS) is 11.7. The molecule has 2 aromatic rings. The van der Waals surface area contributed by atoms with E-state index in [0.29, 0.717) is 0 Å². The van der Waals surface area contributed by atoms with Crippen LogP contribution < -0.4 is 5.32 Å². The Hall–Kier alpha value is -1.65. The SMILES string of the molecule is CC(C)(CCO)NCc1cn[nH]c1-c1ccccc1. The highest BCUT2D eigenvalue weighted by molar-refractivity contribution is 5.62. The van der Waals surface area contributed by atoms with E-state index in [9.17, 15) is 0 Å². The predicted octanol–water partition coefficient (Wildman–Crippen LogP) is 2.33. The Labute approximate surface area is 113 Å². The van der Waals surface area contributed by atoms with Gasteiger partial charge in [0.1, 0.15) is 0 Å². The highest BCUT2D eigenvalue weighted by Crippen LogP contribution is 2.21. The molecule has 2 rings (SSSR count). The first-order chi connectivity index (χ1) is 9.12. The lowest BCUT2D eigenvalue weighted by atomic mass is 10.0. The molecule has 0 unspecified atom stereocenters. The maximum absolute atomic E-state index is 9.03. The molecule has 3 N–H and O–H groups in total. The summed E-state index contributed by atoms with van der Waals surface area (Å²) in [4.78, 5) is 0. The molecule has 0 fully saturated rings. The summed E-state index contributed by atoms with van der Waals surface area (Å²) in [6.45, 7) is 5.10. The number of nitrogens with one attached hydrogen (secondary N) is 2. The molecule has 0 atom stereocenters. The summed E-state index contributed by atoms with van der Waals surface area (Å²) in [6, 6.07) is 10.2. The zero-order valence-corrected chi connectivity index (χ0v) is 11.5. The number of H-pyrrole nitrogens is 1. The van der Waals surface area contributed by atoms with E-state index >= 15 is 0 Å². The summed E-state index contributed by atoms with van der Waals surface area (Å²) < 4.78 is 0. The molecule has 0 saturated carbocycles. The average molecular weight is 259 g/mol. The van der Waals surface area contributed by atoms with Crippen LogP contribution in [-0.2, 0) is 6.54 Å². The topological polar surface area (TPSA) is 60.9 Å². The number of aromatic amines is 1. The first kappa shape index (κ1) is 13.8. The molecule has 1 aromatic carbocycles. The Morgan fingerprint density at radius 1 is 1.26 bits per heavy atom. The molecule has 102 valence electrons. The van der Waals surface area contributed by atoms with Crippen LogP contribution in [0.5, 0.6) is 0 Å². The highest BCUT2D eigenvalue weighted by atomic mass is 16.3. The number of rotatable bonds is 6. The molecule has 4 heteroatoms. The van der Waals surface area contributed by atoms with Gasteiger partial charge in [-0.15, -0.1) is 0 Å². The third-order valence-corrected chi connectivity index (χ3v) is 3.27. The zero-order valence-electron chi connectivity index (χ0n) is 11.5. The van der Waals surface area contributed by atoms with E-state index in [4.69, 9.17) is 5.11 Å². The molecule has 1 heterocycles. The molecule has 19 heavy (non-hydrogen) atoms. The maximum Gasteiger partial charge on any atom is 0.0695 e. The number of nitrogens with zero attached hydrogens (tertiary/aromatic N) is 1. The van der Waals surface area contributed by atoms with Gasteiger partial charge in [0.15, 0.2) is 0 Å². The van der Waals surface area contributed by atoms with Crippen LogP contribution in [0.25, 0.3) is 11.3 Å². The second-order valence-corrected chi connectivity index (χ2v) is 5.35. The molecule has 0 saturated heterocycles. The van der Waals surface area contributed by atoms with Crippen LogP contribution in [0.4, 0.5) is 0 Å². The van der Waals surface area contributed by atoms with Crippen molar-refractivity contribution in [2.75, 3.05) is 6.61 Å². The van der Waals surface area contributed by atoms with Crippen molar-refractivity contribution < 1.29 is 5.11 Å². The average Bonchev–Trinajstić information content (AvgIpc) is 2.86. The van der Waals surface area contributed by atoms with E-state index in [-0.39, 0.29) is 12.1 Å². The summed E-state index contributed by atoms with van der Waals surface area (Å²) in [5.41, 5.74) is 3.24. The van der Waals surface area contributed by atoms with Gasteiger partial charge in [0.05, 0.1) is 11.9 Å². The zero-order chi connectivity index (χ0) is 13.7. The lowest BCUT2D eigenvalue weighted by molar-refractivity contribution is 0.230. The molecule has 0 aliphatic carbocycles. The van der Waals surface area contributed by atoms with Gasteiger partial charge >= 0.3 is 0 Å². The van der Waals surface area contributed by atoms with Crippen molar-refractivity contribution in [3.05, 3.63) is 42.1 Å². The standard InChI is InChI=1S/C15H21N3O/c1-15(2,8-9-19)16-10-13-11-17-18-14(13)12-6-4-3-5-7-12/h3-7,11,16,19H,8-10H2,1-2H3,(H,17,18). The number of aliphatic hydroxyl groups is 1. The smallest absolute Gasteiger partial charge is 0.0695 e. The summed E-state index contributed by atoms with van der Waals surface area (Å²) in [5, 5.41) is 19.7. The van der Waals surface area contributed by atoms with Gasteiger partial charge in [0, 0.05) is 24.3 Å². The molecule has 0 radical (unpaired) electrons. The maximum atomic E-state index is 9.03. The summed E-state index contributed by atoms with van der Waals surface area (Å²) in [5.74, 6) is 0. The van der Waals surface area contributed by atoms with Crippen molar-refractivity contribution in [3.63, 3.8) is 0 Å². The fourth-order valence-corrected chi connectivity index (χ4v) is 2.00. The van der Waals surface area contributed by atoms with Gasteiger partial charge in [-0.25, -0.2) is 0 Å². The van der Waals surface area contributed by atoms with Gasteiger partial charge in [-0.1, -0.05) is 30.3 Å². The number of hydrogen-bond acceptors (Lipinski definition) is 3. The number of aliphatic hydroxyl groups excluding tert-OH is 1. The van der Waals surface area contributed by atoms with E-state index in [1.165, 1.54) is 0 Å². The van der Waals surface area contributed by atoms with Crippen LogP contribution in [-0.4, -0.2) is 27.4 Å². The molecule has 0 amide bonds. The van der Waals surface area contributed by atoms with Crippen molar-refractivity contribution in [1.82, 2.24) is 15.5 Å². The second-order valence-electron chi connectivity index (χ2n) is 5.35. The molecule has 0 aliphatic heterocycles. The first-order valence-corrected chi connectivity index (χ1v) is 6.56. The van der Waals surface area contributed by atoms with Crippen LogP contribution in [0.3, 0.4) is 0 Å². The quantitative estimate of drug-likeness (QED) is 0.746. The monoisotopic (exact) mass is 259 g/mol. The minimum atomic E-state index is -0.0834. The first-order valence-electron chi connectivity index (χ1n) is 6.56. The van der Waals surface area contributed by atoms with E-state index in [1.54, 1.807) is 0 Å². The van der Waals surface area contributed by atoms with Gasteiger partial charge in [-0.3, -0.25) is 5.10 Å². The number of benzene rings is 1. The van der Waals surface area contributed by atoms with Crippen LogP contribution >= 0.6 is 0 Å². The molecular formula is C15H21N3O. The molecule has 0 bridgehead atoms. The Balaban J connectivity index is 2.09. The predicted molar refractivity (Wildman–Crippen MR) is 76.6 cm³/mol. The number of aromatic nitrogens is 2. The van der Waals surface area contributed by atoms with Gasteiger partial charge in [-0.2, -0.15) is 5.10 Å². The van der Waals surface area contributed by atoms with Crippen molar-refractivity contribution >= 4 is 0 Å². The van der Waals surface area contributed by atoms with E-state index in [1.807, 2.05) is 24.4 Å². The molecule has 4 nitrogen and oxygen atoms in total. The Kier molecular flexibility index (Phi) is 4.35. The third kappa shape index (κ3) is 3.66. The van der Waals surface area contributed by atoms with Crippen LogP contribution in [0.15, 0.2) is 36.5 Å². The van der Waals surface area contributed by atoms with Gasteiger partial charge in [-0.05, 0) is 25.8 Å². The molecule has 1 aromatic heterocycles. The van der Waals surface area contributed by atoms with Crippen molar-refractivity contribution in [3.8, 4) is 11.3 Å². The number of hydrogen-bond donors (Lipinski definition) is 3. The van der Waals surface area contributed by atoms with Gasteiger partial charge < -0.3 is 10.4 Å². The Bertz CT molecular complexity index is 505. The van der Waals surface area contributed by atoms with Crippen LogP contribution in [0.1, 0.15) is 25.8 Å². The van der Waals surface area contributed by atoms with E-state index in [2.05, 4.69) is 41.5 Å². The Morgan fingerprint density at radius 2 is 2.00 bits per heavy atom. The van der Waals surface area contributed by atoms with Crippen molar-refractivity contribution in [2.45, 2.75) is 32.4 Å². The lowest BCUT2D eigenvalue weighted by Gasteiger charge is -2.25. The van der Waals surface area contributed by atoms with E-state index in [0.717, 1.165) is 29.8 Å². The summed E-state index contributed by atoms with van der Waals surface area (Å²) in [6.07, 6.45) is 2.58. The van der Waals surface area contributed by atoms with Crippen molar-refractivity contribution in [1.29, 1.82) is 0 Å². The largest absolute Gasteiger partial charge is 0.396 e. The van der Waals surface area contributed by atoms with Crippen molar-refractivity contribution in [2.24, 2.45) is 0 Å². The minimum absolute atomic E-state index is 0.0834. The van der Waals surface area contributed by atoms with Crippen LogP contribution in [0, 0.1) is 0 Å². The Morgan fingerprint density at radius 3 is 2.68 bits per heavy atom. The second kappa shape index (κ2) is 5.99. The molecular weight excluding hydrogens is 238 g/mol. The lowest BCUT2D eigenvalue weighted by Crippen LogP contribution is -2.39. The highest BCUT2D eigenvalue weighted by Gasteiger charge is 2.17. The fraction of sp³-hybridized carbons (Fsp3) is 0.400. The van der Waals surface area contributed by atoms with E-state index < -0.39 is 0 Å². The van der Waals surface area contributed by atoms with Crippen LogP contribution in [0.2, 0.25) is 0 Å².